The van der Waals surface area contributed by atoms with E-state index < -0.39 is 0 Å². The van der Waals surface area contributed by atoms with Crippen LogP contribution < -0.4 is 5.32 Å². The van der Waals surface area contributed by atoms with Crippen LogP contribution in [0.4, 0.5) is 5.13 Å². The van der Waals surface area contributed by atoms with E-state index in [4.69, 9.17) is 0 Å². The lowest BCUT2D eigenvalue weighted by Gasteiger charge is -2.10. The third-order valence-corrected chi connectivity index (χ3v) is 5.38. The number of amides is 1. The Morgan fingerprint density at radius 2 is 1.79 bits per heavy atom. The quantitative estimate of drug-likeness (QED) is 0.678. The normalized spacial score (nSPS) is 11.9. The SMILES string of the molecule is Cc1ccc(SC(C)C(=O)Nc2nnc(-c3ccccc3)s2)cc1. The molecule has 0 radical (unpaired) electrons. The molecule has 1 amide bonds. The van der Waals surface area contributed by atoms with Crippen LogP contribution in [-0.2, 0) is 4.79 Å². The molecule has 122 valence electrons. The van der Waals surface area contributed by atoms with Gasteiger partial charge in [-0.05, 0) is 26.0 Å². The molecule has 0 aliphatic heterocycles. The lowest BCUT2D eigenvalue weighted by atomic mass is 10.2. The standard InChI is InChI=1S/C18H17N3OS2/c1-12-8-10-15(11-9-12)23-13(2)16(22)19-18-21-20-17(24-18)14-6-4-3-5-7-14/h3-11,13H,1-2H3,(H,19,21,22). The second-order valence-electron chi connectivity index (χ2n) is 5.34. The molecular weight excluding hydrogens is 338 g/mol. The summed E-state index contributed by atoms with van der Waals surface area (Å²) in [5, 5.41) is 12.2. The maximum absolute atomic E-state index is 12.3. The molecule has 6 heteroatoms. The Bertz CT molecular complexity index is 816. The summed E-state index contributed by atoms with van der Waals surface area (Å²) >= 11 is 2.90. The van der Waals surface area contributed by atoms with Crippen LogP contribution in [0.25, 0.3) is 10.6 Å². The highest BCUT2D eigenvalue weighted by Gasteiger charge is 2.17. The van der Waals surface area contributed by atoms with Crippen LogP contribution in [0.5, 0.6) is 0 Å². The average Bonchev–Trinajstić information content (AvgIpc) is 3.06. The van der Waals surface area contributed by atoms with Gasteiger partial charge in [0.15, 0.2) is 0 Å². The van der Waals surface area contributed by atoms with Gasteiger partial charge in [0.2, 0.25) is 11.0 Å². The minimum absolute atomic E-state index is 0.0728. The second-order valence-corrected chi connectivity index (χ2v) is 7.73. The third-order valence-electron chi connectivity index (χ3n) is 3.38. The zero-order chi connectivity index (χ0) is 16.9. The van der Waals surface area contributed by atoms with Crippen molar-refractivity contribution in [1.29, 1.82) is 0 Å². The van der Waals surface area contributed by atoms with E-state index in [-0.39, 0.29) is 11.2 Å². The maximum atomic E-state index is 12.3. The van der Waals surface area contributed by atoms with Gasteiger partial charge in [-0.15, -0.1) is 22.0 Å². The molecule has 3 aromatic rings. The lowest BCUT2D eigenvalue weighted by Crippen LogP contribution is -2.22. The monoisotopic (exact) mass is 355 g/mol. The summed E-state index contributed by atoms with van der Waals surface area (Å²) in [5.74, 6) is -0.0728. The highest BCUT2D eigenvalue weighted by molar-refractivity contribution is 8.00. The number of hydrogen-bond acceptors (Lipinski definition) is 5. The largest absolute Gasteiger partial charge is 0.300 e. The average molecular weight is 355 g/mol. The molecule has 2 aromatic carbocycles. The van der Waals surface area contributed by atoms with E-state index in [2.05, 4.69) is 15.5 Å². The molecule has 24 heavy (non-hydrogen) atoms. The number of aryl methyl sites for hydroxylation is 1. The van der Waals surface area contributed by atoms with Gasteiger partial charge in [0.1, 0.15) is 5.01 Å². The molecule has 0 saturated carbocycles. The van der Waals surface area contributed by atoms with Gasteiger partial charge in [-0.1, -0.05) is 59.4 Å². The fraction of sp³-hybridized carbons (Fsp3) is 0.167. The first kappa shape index (κ1) is 16.7. The molecule has 0 fully saturated rings. The van der Waals surface area contributed by atoms with E-state index in [0.29, 0.717) is 5.13 Å². The fourth-order valence-corrected chi connectivity index (χ4v) is 3.67. The topological polar surface area (TPSA) is 54.9 Å². The van der Waals surface area contributed by atoms with Crippen molar-refractivity contribution in [1.82, 2.24) is 10.2 Å². The Balaban J connectivity index is 1.62. The predicted octanol–water partition coefficient (Wildman–Crippen LogP) is 4.63. The van der Waals surface area contributed by atoms with Gasteiger partial charge in [-0.25, -0.2) is 0 Å². The number of anilines is 1. The van der Waals surface area contributed by atoms with Gasteiger partial charge in [0.25, 0.3) is 0 Å². The number of nitrogens with zero attached hydrogens (tertiary/aromatic N) is 2. The van der Waals surface area contributed by atoms with Crippen LogP contribution in [0, 0.1) is 6.92 Å². The number of aromatic nitrogens is 2. The van der Waals surface area contributed by atoms with Crippen molar-refractivity contribution in [2.75, 3.05) is 5.32 Å². The number of benzene rings is 2. The Kier molecular flexibility index (Phi) is 5.27. The maximum Gasteiger partial charge on any atom is 0.239 e. The van der Waals surface area contributed by atoms with Gasteiger partial charge in [0, 0.05) is 10.5 Å². The molecule has 1 atom stereocenters. The number of carbonyl (C=O) groups is 1. The van der Waals surface area contributed by atoms with E-state index in [9.17, 15) is 4.79 Å². The first-order chi connectivity index (χ1) is 11.6. The van der Waals surface area contributed by atoms with E-state index >= 15 is 0 Å². The molecular formula is C18H17N3OS2. The van der Waals surface area contributed by atoms with Gasteiger partial charge in [0.05, 0.1) is 5.25 Å². The van der Waals surface area contributed by atoms with E-state index in [0.717, 1.165) is 15.5 Å². The molecule has 0 aliphatic carbocycles. The number of hydrogen-bond donors (Lipinski definition) is 1. The second kappa shape index (κ2) is 7.59. The van der Waals surface area contributed by atoms with Crippen molar-refractivity contribution >= 4 is 34.1 Å². The molecule has 0 bridgehead atoms. The third kappa shape index (κ3) is 4.21. The van der Waals surface area contributed by atoms with Crippen LogP contribution in [0.1, 0.15) is 12.5 Å². The summed E-state index contributed by atoms with van der Waals surface area (Å²) < 4.78 is 0. The molecule has 1 heterocycles. The molecule has 1 unspecified atom stereocenters. The van der Waals surface area contributed by atoms with Crippen molar-refractivity contribution in [2.45, 2.75) is 24.0 Å². The Morgan fingerprint density at radius 3 is 2.50 bits per heavy atom. The Hall–Kier alpha value is -2.18. The molecule has 0 aliphatic rings. The summed E-state index contributed by atoms with van der Waals surface area (Å²) in [6.07, 6.45) is 0. The van der Waals surface area contributed by atoms with Crippen molar-refractivity contribution in [3.63, 3.8) is 0 Å². The highest BCUT2D eigenvalue weighted by atomic mass is 32.2. The number of nitrogens with one attached hydrogen (secondary N) is 1. The van der Waals surface area contributed by atoms with Gasteiger partial charge in [-0.2, -0.15) is 0 Å². The minimum Gasteiger partial charge on any atom is -0.300 e. The summed E-state index contributed by atoms with van der Waals surface area (Å²) in [4.78, 5) is 13.4. The van der Waals surface area contributed by atoms with Crippen molar-refractivity contribution in [2.24, 2.45) is 0 Å². The zero-order valence-electron chi connectivity index (χ0n) is 13.4. The summed E-state index contributed by atoms with van der Waals surface area (Å²) in [6, 6.07) is 18.0. The zero-order valence-corrected chi connectivity index (χ0v) is 15.0. The first-order valence-corrected chi connectivity index (χ1v) is 9.24. The Morgan fingerprint density at radius 1 is 1.08 bits per heavy atom. The fourth-order valence-electron chi connectivity index (χ4n) is 2.05. The number of rotatable bonds is 5. The van der Waals surface area contributed by atoms with Crippen LogP contribution in [0.15, 0.2) is 59.5 Å². The van der Waals surface area contributed by atoms with Crippen molar-refractivity contribution in [3.8, 4) is 10.6 Å². The number of carbonyl (C=O) groups excluding carboxylic acids is 1. The smallest absolute Gasteiger partial charge is 0.239 e. The van der Waals surface area contributed by atoms with Crippen molar-refractivity contribution in [3.05, 3.63) is 60.2 Å². The summed E-state index contributed by atoms with van der Waals surface area (Å²) in [5.41, 5.74) is 2.20. The van der Waals surface area contributed by atoms with Gasteiger partial charge >= 0.3 is 0 Å². The predicted molar refractivity (Wildman–Crippen MR) is 100 cm³/mol. The first-order valence-electron chi connectivity index (χ1n) is 7.55. The van der Waals surface area contributed by atoms with E-state index in [1.807, 2.05) is 68.4 Å². The van der Waals surface area contributed by atoms with E-state index in [1.54, 1.807) is 0 Å². The highest BCUT2D eigenvalue weighted by Crippen LogP contribution is 2.28. The van der Waals surface area contributed by atoms with Crippen LogP contribution in [-0.4, -0.2) is 21.4 Å². The summed E-state index contributed by atoms with van der Waals surface area (Å²) in [7, 11) is 0. The van der Waals surface area contributed by atoms with Gasteiger partial charge < -0.3 is 0 Å². The molecule has 3 rings (SSSR count). The lowest BCUT2D eigenvalue weighted by molar-refractivity contribution is -0.115. The van der Waals surface area contributed by atoms with Crippen LogP contribution in [0.2, 0.25) is 0 Å². The molecule has 1 N–H and O–H groups in total. The molecule has 0 saturated heterocycles. The van der Waals surface area contributed by atoms with Crippen LogP contribution >= 0.6 is 23.1 Å². The molecule has 4 nitrogen and oxygen atoms in total. The van der Waals surface area contributed by atoms with Gasteiger partial charge in [-0.3, -0.25) is 10.1 Å². The minimum atomic E-state index is -0.211. The van der Waals surface area contributed by atoms with Crippen LogP contribution in [0.3, 0.4) is 0 Å². The molecule has 1 aromatic heterocycles. The Labute approximate surface area is 149 Å². The van der Waals surface area contributed by atoms with Crippen molar-refractivity contribution < 1.29 is 4.79 Å². The van der Waals surface area contributed by atoms with E-state index in [1.165, 1.54) is 28.7 Å². The summed E-state index contributed by atoms with van der Waals surface area (Å²) in [6.45, 7) is 3.93. The molecule has 0 spiro atoms. The number of thioether (sulfide) groups is 1.